The van der Waals surface area contributed by atoms with E-state index in [9.17, 15) is 9.59 Å². The van der Waals surface area contributed by atoms with Gasteiger partial charge in [0.1, 0.15) is 5.71 Å². The molecular formula is C16H22N4O2S. The molecule has 2 aliphatic rings. The van der Waals surface area contributed by atoms with Crippen molar-refractivity contribution in [2.75, 3.05) is 19.6 Å². The summed E-state index contributed by atoms with van der Waals surface area (Å²) in [4.78, 5) is 30.9. The van der Waals surface area contributed by atoms with Crippen molar-refractivity contribution in [1.82, 2.24) is 14.9 Å². The Kier molecular flexibility index (Phi) is 4.75. The van der Waals surface area contributed by atoms with Crippen LogP contribution in [0, 0.1) is 6.92 Å². The van der Waals surface area contributed by atoms with Crippen molar-refractivity contribution in [3.8, 4) is 0 Å². The van der Waals surface area contributed by atoms with Gasteiger partial charge in [0.05, 0.1) is 5.01 Å². The third-order valence-electron chi connectivity index (χ3n) is 4.35. The maximum atomic E-state index is 12.7. The molecular weight excluding hydrogens is 312 g/mol. The van der Waals surface area contributed by atoms with Crippen molar-refractivity contribution in [3.63, 3.8) is 0 Å². The third-order valence-corrected chi connectivity index (χ3v) is 5.47. The number of aryl methyl sites for hydroxylation is 1. The quantitative estimate of drug-likeness (QED) is 0.851. The zero-order chi connectivity index (χ0) is 16.4. The minimum absolute atomic E-state index is 0.00108. The van der Waals surface area contributed by atoms with Gasteiger partial charge in [0.15, 0.2) is 0 Å². The molecule has 1 atom stereocenters. The molecule has 0 aliphatic carbocycles. The van der Waals surface area contributed by atoms with Crippen LogP contribution in [0.25, 0.3) is 0 Å². The molecule has 1 unspecified atom stereocenters. The summed E-state index contributed by atoms with van der Waals surface area (Å²) in [6.45, 7) is 5.84. The fourth-order valence-corrected chi connectivity index (χ4v) is 4.03. The summed E-state index contributed by atoms with van der Waals surface area (Å²) >= 11 is 1.68. The lowest BCUT2D eigenvalue weighted by Crippen LogP contribution is -2.45. The molecule has 1 fully saturated rings. The number of carbonyl (C=O) groups is 2. The van der Waals surface area contributed by atoms with Crippen molar-refractivity contribution in [3.05, 3.63) is 16.1 Å². The molecule has 1 aromatic rings. The van der Waals surface area contributed by atoms with Gasteiger partial charge in [-0.1, -0.05) is 0 Å². The lowest BCUT2D eigenvalue weighted by atomic mass is 9.98. The molecule has 2 aliphatic heterocycles. The summed E-state index contributed by atoms with van der Waals surface area (Å²) in [6.07, 6.45) is 2.88. The Bertz CT molecular complexity index is 640. The van der Waals surface area contributed by atoms with E-state index in [2.05, 4.69) is 15.5 Å². The third kappa shape index (κ3) is 3.44. The second-order valence-corrected chi connectivity index (χ2v) is 6.96. The first-order valence-corrected chi connectivity index (χ1v) is 9.05. The smallest absolute Gasteiger partial charge is 0.270 e. The molecule has 6 nitrogen and oxygen atoms in total. The number of carbonyl (C=O) groups excluding carboxylic acids is 2. The molecule has 0 N–H and O–H groups in total. The fourth-order valence-electron chi connectivity index (χ4n) is 3.11. The van der Waals surface area contributed by atoms with Crippen LogP contribution in [0.4, 0.5) is 0 Å². The van der Waals surface area contributed by atoms with Crippen LogP contribution in [-0.2, 0) is 9.59 Å². The molecule has 0 spiro atoms. The minimum atomic E-state index is -0.0195. The average molecular weight is 334 g/mol. The topological polar surface area (TPSA) is 65.9 Å². The van der Waals surface area contributed by atoms with Crippen LogP contribution in [-0.4, -0.2) is 52.1 Å². The van der Waals surface area contributed by atoms with Crippen LogP contribution >= 0.6 is 11.3 Å². The molecule has 0 radical (unpaired) electrons. The predicted molar refractivity (Wildman–Crippen MR) is 89.5 cm³/mol. The second kappa shape index (κ2) is 6.78. The first-order valence-electron chi connectivity index (χ1n) is 8.17. The number of piperidine rings is 1. The summed E-state index contributed by atoms with van der Waals surface area (Å²) < 4.78 is 0. The highest BCUT2D eigenvalue weighted by Gasteiger charge is 2.31. The largest absolute Gasteiger partial charge is 0.337 e. The van der Waals surface area contributed by atoms with Gasteiger partial charge in [-0.2, -0.15) is 5.10 Å². The van der Waals surface area contributed by atoms with E-state index in [1.165, 1.54) is 5.01 Å². The molecule has 0 saturated carbocycles. The summed E-state index contributed by atoms with van der Waals surface area (Å²) in [5.74, 6) is 0.298. The molecule has 7 heteroatoms. The standard InChI is InChI=1S/C16H22N4O2S/c1-3-20-14(21)7-6-13(18-20)16(22)19-8-4-5-12(9-19)15-17-11(2)10-23-15/h10,12H,3-9H2,1-2H3. The van der Waals surface area contributed by atoms with E-state index in [1.54, 1.807) is 11.3 Å². The molecule has 0 bridgehead atoms. The van der Waals surface area contributed by atoms with Gasteiger partial charge in [0.2, 0.25) is 5.91 Å². The summed E-state index contributed by atoms with van der Waals surface area (Å²) in [6, 6.07) is 0. The van der Waals surface area contributed by atoms with Crippen molar-refractivity contribution >= 4 is 28.9 Å². The van der Waals surface area contributed by atoms with E-state index in [-0.39, 0.29) is 11.8 Å². The predicted octanol–water partition coefficient (Wildman–Crippen LogP) is 2.16. The number of amides is 2. The second-order valence-electron chi connectivity index (χ2n) is 6.07. The van der Waals surface area contributed by atoms with E-state index in [0.29, 0.717) is 37.6 Å². The van der Waals surface area contributed by atoms with Gasteiger partial charge < -0.3 is 4.90 Å². The van der Waals surface area contributed by atoms with E-state index >= 15 is 0 Å². The van der Waals surface area contributed by atoms with Gasteiger partial charge >= 0.3 is 0 Å². The molecule has 124 valence electrons. The number of likely N-dealkylation sites (tertiary alicyclic amines) is 1. The number of rotatable bonds is 3. The van der Waals surface area contributed by atoms with E-state index in [1.807, 2.05) is 18.7 Å². The van der Waals surface area contributed by atoms with Crippen LogP contribution in [0.5, 0.6) is 0 Å². The van der Waals surface area contributed by atoms with Gasteiger partial charge in [-0.3, -0.25) is 9.59 Å². The Morgan fingerprint density at radius 2 is 2.26 bits per heavy atom. The highest BCUT2D eigenvalue weighted by molar-refractivity contribution is 7.09. The van der Waals surface area contributed by atoms with Crippen molar-refractivity contribution in [1.29, 1.82) is 0 Å². The van der Waals surface area contributed by atoms with Crippen molar-refractivity contribution < 1.29 is 9.59 Å². The monoisotopic (exact) mass is 334 g/mol. The van der Waals surface area contributed by atoms with Gasteiger partial charge in [-0.05, 0) is 26.7 Å². The molecule has 3 rings (SSSR count). The Labute approximate surface area is 140 Å². The summed E-state index contributed by atoms with van der Waals surface area (Å²) in [7, 11) is 0. The fraction of sp³-hybridized carbons (Fsp3) is 0.625. The van der Waals surface area contributed by atoms with Crippen LogP contribution in [0.1, 0.15) is 49.2 Å². The van der Waals surface area contributed by atoms with Crippen molar-refractivity contribution in [2.24, 2.45) is 5.10 Å². The van der Waals surface area contributed by atoms with Gasteiger partial charge in [-0.25, -0.2) is 9.99 Å². The van der Waals surface area contributed by atoms with Gasteiger partial charge in [0.25, 0.3) is 5.91 Å². The Morgan fingerprint density at radius 3 is 2.96 bits per heavy atom. The number of nitrogens with zero attached hydrogens (tertiary/aromatic N) is 4. The van der Waals surface area contributed by atoms with Crippen molar-refractivity contribution in [2.45, 2.75) is 45.4 Å². The maximum Gasteiger partial charge on any atom is 0.270 e. The zero-order valence-corrected chi connectivity index (χ0v) is 14.4. The molecule has 3 heterocycles. The first-order chi connectivity index (χ1) is 11.1. The molecule has 1 saturated heterocycles. The SMILES string of the molecule is CCN1N=C(C(=O)N2CCCC(c3nc(C)cs3)C2)CCC1=O. The molecule has 23 heavy (non-hydrogen) atoms. The number of hydrogen-bond donors (Lipinski definition) is 0. The highest BCUT2D eigenvalue weighted by Crippen LogP contribution is 2.29. The Hall–Kier alpha value is -1.76. The van der Waals surface area contributed by atoms with Crippen LogP contribution in [0.3, 0.4) is 0 Å². The summed E-state index contributed by atoms with van der Waals surface area (Å²) in [5, 5.41) is 8.84. The average Bonchev–Trinajstić information content (AvgIpc) is 3.01. The van der Waals surface area contributed by atoms with Crippen LogP contribution in [0.15, 0.2) is 10.5 Å². The Morgan fingerprint density at radius 1 is 1.43 bits per heavy atom. The summed E-state index contributed by atoms with van der Waals surface area (Å²) in [5.41, 5.74) is 1.56. The minimum Gasteiger partial charge on any atom is -0.337 e. The Balaban J connectivity index is 1.71. The van der Waals surface area contributed by atoms with E-state index in [0.717, 1.165) is 30.1 Å². The highest BCUT2D eigenvalue weighted by atomic mass is 32.1. The van der Waals surface area contributed by atoms with Gasteiger partial charge in [-0.15, -0.1) is 11.3 Å². The number of thiazole rings is 1. The first kappa shape index (κ1) is 16.1. The maximum absolute atomic E-state index is 12.7. The zero-order valence-electron chi connectivity index (χ0n) is 13.6. The number of aromatic nitrogens is 1. The van der Waals surface area contributed by atoms with E-state index < -0.39 is 0 Å². The molecule has 0 aromatic carbocycles. The lowest BCUT2D eigenvalue weighted by Gasteiger charge is -2.33. The van der Waals surface area contributed by atoms with E-state index in [4.69, 9.17) is 0 Å². The van der Waals surface area contributed by atoms with Crippen LogP contribution < -0.4 is 0 Å². The number of hydrazone groups is 1. The van der Waals surface area contributed by atoms with Gasteiger partial charge in [0, 0.05) is 49.5 Å². The normalized spacial score (nSPS) is 22.3. The molecule has 2 amide bonds. The molecule has 1 aromatic heterocycles. The number of hydrogen-bond acceptors (Lipinski definition) is 5. The lowest BCUT2D eigenvalue weighted by molar-refractivity contribution is -0.132. The van der Waals surface area contributed by atoms with Crippen LogP contribution in [0.2, 0.25) is 0 Å².